The monoisotopic (exact) mass is 238 g/mol. The molecule has 2 N–H and O–H groups in total. The van der Waals surface area contributed by atoms with Gasteiger partial charge in [0.25, 0.3) is 0 Å². The standard InChI is InChI=1S/C11H8F2N2S/c12-7-4-5-8(13)9(6-7)16-11-3-1-2-10(14)15-11/h1-6H,(H2,14,15). The molecule has 2 rings (SSSR count). The molecule has 0 aliphatic carbocycles. The first-order valence-electron chi connectivity index (χ1n) is 4.50. The Morgan fingerprint density at radius 3 is 2.69 bits per heavy atom. The molecule has 0 amide bonds. The number of nitrogen functional groups attached to an aromatic ring is 1. The van der Waals surface area contributed by atoms with Crippen LogP contribution in [0.25, 0.3) is 0 Å². The van der Waals surface area contributed by atoms with Crippen LogP contribution in [-0.4, -0.2) is 4.98 Å². The molecule has 1 aromatic heterocycles. The summed E-state index contributed by atoms with van der Waals surface area (Å²) in [7, 11) is 0. The lowest BCUT2D eigenvalue weighted by atomic mass is 10.3. The van der Waals surface area contributed by atoms with E-state index in [9.17, 15) is 8.78 Å². The summed E-state index contributed by atoms with van der Waals surface area (Å²) in [5.41, 5.74) is 5.49. The molecule has 0 unspecified atom stereocenters. The van der Waals surface area contributed by atoms with Gasteiger partial charge in [0, 0.05) is 0 Å². The van der Waals surface area contributed by atoms with Crippen molar-refractivity contribution in [2.45, 2.75) is 9.92 Å². The van der Waals surface area contributed by atoms with Crippen LogP contribution < -0.4 is 5.73 Å². The van der Waals surface area contributed by atoms with Gasteiger partial charge >= 0.3 is 0 Å². The highest BCUT2D eigenvalue weighted by molar-refractivity contribution is 7.99. The molecule has 16 heavy (non-hydrogen) atoms. The first kappa shape index (κ1) is 10.9. The summed E-state index contributed by atoms with van der Waals surface area (Å²) in [4.78, 5) is 4.18. The zero-order valence-corrected chi connectivity index (χ0v) is 8.97. The molecule has 0 saturated carbocycles. The van der Waals surface area contributed by atoms with E-state index in [2.05, 4.69) is 4.98 Å². The van der Waals surface area contributed by atoms with Gasteiger partial charge < -0.3 is 5.73 Å². The van der Waals surface area contributed by atoms with Gasteiger partial charge in [-0.25, -0.2) is 13.8 Å². The number of hydrogen-bond donors (Lipinski definition) is 1. The number of aromatic nitrogens is 1. The molecular formula is C11H8F2N2S. The van der Waals surface area contributed by atoms with Crippen LogP contribution in [0.2, 0.25) is 0 Å². The fraction of sp³-hybridized carbons (Fsp3) is 0. The number of halogens is 2. The van der Waals surface area contributed by atoms with Gasteiger partial charge in [-0.3, -0.25) is 0 Å². The van der Waals surface area contributed by atoms with Crippen molar-refractivity contribution in [1.29, 1.82) is 0 Å². The van der Waals surface area contributed by atoms with E-state index < -0.39 is 11.6 Å². The number of nitrogens with two attached hydrogens (primary N) is 1. The molecule has 2 aromatic rings. The average molecular weight is 238 g/mol. The van der Waals surface area contributed by atoms with Crippen molar-refractivity contribution in [3.05, 3.63) is 48.0 Å². The molecule has 0 saturated heterocycles. The number of rotatable bonds is 2. The molecule has 82 valence electrons. The first-order chi connectivity index (χ1) is 7.65. The number of nitrogens with zero attached hydrogens (tertiary/aromatic N) is 1. The van der Waals surface area contributed by atoms with Crippen molar-refractivity contribution in [3.63, 3.8) is 0 Å². The van der Waals surface area contributed by atoms with Crippen molar-refractivity contribution < 1.29 is 8.78 Å². The molecular weight excluding hydrogens is 230 g/mol. The van der Waals surface area contributed by atoms with Gasteiger partial charge in [0.1, 0.15) is 22.5 Å². The van der Waals surface area contributed by atoms with Gasteiger partial charge in [-0.15, -0.1) is 0 Å². The minimum absolute atomic E-state index is 0.193. The molecule has 0 atom stereocenters. The second kappa shape index (κ2) is 4.49. The molecule has 0 aliphatic rings. The van der Waals surface area contributed by atoms with Gasteiger partial charge in [0.05, 0.1) is 4.90 Å². The smallest absolute Gasteiger partial charge is 0.137 e. The molecule has 0 aliphatic heterocycles. The van der Waals surface area contributed by atoms with Crippen LogP contribution in [0, 0.1) is 11.6 Å². The van der Waals surface area contributed by atoms with Crippen LogP contribution in [0.5, 0.6) is 0 Å². The maximum absolute atomic E-state index is 13.3. The van der Waals surface area contributed by atoms with Crippen molar-refractivity contribution in [2.24, 2.45) is 0 Å². The Balaban J connectivity index is 2.30. The lowest BCUT2D eigenvalue weighted by Crippen LogP contribution is -1.91. The van der Waals surface area contributed by atoms with Gasteiger partial charge in [-0.2, -0.15) is 0 Å². The highest BCUT2D eigenvalue weighted by atomic mass is 32.2. The van der Waals surface area contributed by atoms with Crippen LogP contribution in [0.1, 0.15) is 0 Å². The highest BCUT2D eigenvalue weighted by Gasteiger charge is 2.06. The number of anilines is 1. The predicted octanol–water partition coefficient (Wildman–Crippen LogP) is 3.09. The quantitative estimate of drug-likeness (QED) is 0.873. The third-order valence-electron chi connectivity index (χ3n) is 1.85. The predicted molar refractivity (Wildman–Crippen MR) is 59.1 cm³/mol. The maximum atomic E-state index is 13.3. The minimum Gasteiger partial charge on any atom is -0.384 e. The van der Waals surface area contributed by atoms with Gasteiger partial charge in [0.15, 0.2) is 0 Å². The van der Waals surface area contributed by atoms with E-state index in [1.807, 2.05) is 0 Å². The molecule has 5 heteroatoms. The third kappa shape index (κ3) is 2.49. The zero-order chi connectivity index (χ0) is 11.5. The Kier molecular flexibility index (Phi) is 3.05. The van der Waals surface area contributed by atoms with E-state index >= 15 is 0 Å². The van der Waals surface area contributed by atoms with E-state index in [1.165, 1.54) is 0 Å². The van der Waals surface area contributed by atoms with Gasteiger partial charge in [-0.1, -0.05) is 17.8 Å². The fourth-order valence-electron chi connectivity index (χ4n) is 1.16. The van der Waals surface area contributed by atoms with Crippen molar-refractivity contribution in [1.82, 2.24) is 4.98 Å². The molecule has 0 bridgehead atoms. The van der Waals surface area contributed by atoms with Crippen LogP contribution in [0.15, 0.2) is 46.3 Å². The molecule has 1 aromatic carbocycles. The summed E-state index contributed by atoms with van der Waals surface area (Å²) in [5.74, 6) is -0.606. The second-order valence-electron chi connectivity index (χ2n) is 3.08. The number of pyridine rings is 1. The fourth-order valence-corrected chi connectivity index (χ4v) is 2.02. The highest BCUT2D eigenvalue weighted by Crippen LogP contribution is 2.29. The zero-order valence-electron chi connectivity index (χ0n) is 8.15. The van der Waals surface area contributed by atoms with Crippen molar-refractivity contribution >= 4 is 17.6 Å². The van der Waals surface area contributed by atoms with Crippen LogP contribution in [-0.2, 0) is 0 Å². The Hall–Kier alpha value is -1.62. The lowest BCUT2D eigenvalue weighted by molar-refractivity contribution is 0.577. The Morgan fingerprint density at radius 2 is 1.94 bits per heavy atom. The van der Waals surface area contributed by atoms with Crippen LogP contribution >= 0.6 is 11.8 Å². The number of benzene rings is 1. The second-order valence-corrected chi connectivity index (χ2v) is 4.14. The third-order valence-corrected chi connectivity index (χ3v) is 2.82. The van der Waals surface area contributed by atoms with Crippen LogP contribution in [0.3, 0.4) is 0 Å². The van der Waals surface area contributed by atoms with E-state index in [0.717, 1.165) is 30.0 Å². The van der Waals surface area contributed by atoms with Crippen LogP contribution in [0.4, 0.5) is 14.6 Å². The SMILES string of the molecule is Nc1cccc(Sc2cc(F)ccc2F)n1. The molecule has 2 nitrogen and oxygen atoms in total. The molecule has 1 heterocycles. The Bertz CT molecular complexity index is 517. The molecule has 0 spiro atoms. The topological polar surface area (TPSA) is 38.9 Å². The van der Waals surface area contributed by atoms with Gasteiger partial charge in [0.2, 0.25) is 0 Å². The molecule has 0 fully saturated rings. The first-order valence-corrected chi connectivity index (χ1v) is 5.32. The van der Waals surface area contributed by atoms with Crippen molar-refractivity contribution in [3.8, 4) is 0 Å². The summed E-state index contributed by atoms with van der Waals surface area (Å²) in [6.07, 6.45) is 0. The van der Waals surface area contributed by atoms with Gasteiger partial charge in [-0.05, 0) is 30.3 Å². The number of hydrogen-bond acceptors (Lipinski definition) is 3. The lowest BCUT2D eigenvalue weighted by Gasteiger charge is -2.03. The Morgan fingerprint density at radius 1 is 1.12 bits per heavy atom. The summed E-state index contributed by atoms with van der Waals surface area (Å²) in [6, 6.07) is 8.32. The largest absolute Gasteiger partial charge is 0.384 e. The van der Waals surface area contributed by atoms with E-state index in [4.69, 9.17) is 5.73 Å². The maximum Gasteiger partial charge on any atom is 0.137 e. The van der Waals surface area contributed by atoms with Crippen molar-refractivity contribution in [2.75, 3.05) is 5.73 Å². The average Bonchev–Trinajstić information content (AvgIpc) is 2.24. The van der Waals surface area contributed by atoms with E-state index in [-0.39, 0.29) is 4.90 Å². The minimum atomic E-state index is -0.479. The summed E-state index contributed by atoms with van der Waals surface area (Å²) in [6.45, 7) is 0. The summed E-state index contributed by atoms with van der Waals surface area (Å²) < 4.78 is 26.2. The summed E-state index contributed by atoms with van der Waals surface area (Å²) in [5, 5.41) is 0.532. The van der Waals surface area contributed by atoms with E-state index in [1.54, 1.807) is 18.2 Å². The molecule has 0 radical (unpaired) electrons. The Labute approximate surface area is 95.5 Å². The van der Waals surface area contributed by atoms with E-state index in [0.29, 0.717) is 10.8 Å². The summed E-state index contributed by atoms with van der Waals surface area (Å²) >= 11 is 1.04. The normalized spacial score (nSPS) is 10.4.